The highest BCUT2D eigenvalue weighted by Gasteiger charge is 2.33. The number of nitrogens with one attached hydrogen (secondary N) is 1. The summed E-state index contributed by atoms with van der Waals surface area (Å²) in [5.41, 5.74) is 3.67. The Morgan fingerprint density at radius 2 is 1.93 bits per heavy atom. The number of hydrogen-bond acceptors (Lipinski definition) is 3. The minimum Gasteiger partial charge on any atom is -0.477 e. The van der Waals surface area contributed by atoms with E-state index in [2.05, 4.69) is 24.6 Å². The maximum absolute atomic E-state index is 12.1. The number of carboxylic acids is 1. The van der Waals surface area contributed by atoms with Crippen LogP contribution >= 0.6 is 23.2 Å². The standard InChI is InChI=1S/C21H25Cl2N3O3Si/c1-30(2,3)7-6-29-11-26-20-16(13-8-14(22)10-15(23)9-13)18(21(27)28)24-19(20)17(25-26)12-4-5-12/h8-10,12,24H,4-7,11H2,1-3H3,(H,27,28). The summed E-state index contributed by atoms with van der Waals surface area (Å²) < 4.78 is 7.73. The van der Waals surface area contributed by atoms with Crippen molar-refractivity contribution < 1.29 is 14.6 Å². The molecule has 0 saturated heterocycles. The van der Waals surface area contributed by atoms with Gasteiger partial charge in [0.15, 0.2) is 0 Å². The Morgan fingerprint density at radius 3 is 2.50 bits per heavy atom. The molecule has 2 aromatic heterocycles. The Bertz CT molecular complexity index is 1090. The van der Waals surface area contributed by atoms with Crippen LogP contribution in [0.1, 0.15) is 34.9 Å². The van der Waals surface area contributed by atoms with E-state index in [1.165, 1.54) is 0 Å². The van der Waals surface area contributed by atoms with Crippen LogP contribution in [0, 0.1) is 0 Å². The van der Waals surface area contributed by atoms with Crippen LogP contribution in [0.4, 0.5) is 0 Å². The molecule has 2 N–H and O–H groups in total. The van der Waals surface area contributed by atoms with Gasteiger partial charge in [0.25, 0.3) is 0 Å². The fourth-order valence-corrected chi connectivity index (χ4v) is 4.85. The van der Waals surface area contributed by atoms with Crippen molar-refractivity contribution in [3.05, 3.63) is 39.6 Å². The Hall–Kier alpha value is -1.80. The number of carbonyl (C=O) groups is 1. The van der Waals surface area contributed by atoms with E-state index >= 15 is 0 Å². The third-order valence-electron chi connectivity index (χ3n) is 5.26. The zero-order valence-corrected chi connectivity index (χ0v) is 19.8. The van der Waals surface area contributed by atoms with Gasteiger partial charge in [0, 0.05) is 36.2 Å². The second-order valence-electron chi connectivity index (χ2n) is 9.07. The van der Waals surface area contributed by atoms with Crippen molar-refractivity contribution in [3.63, 3.8) is 0 Å². The number of aromatic amines is 1. The summed E-state index contributed by atoms with van der Waals surface area (Å²) in [6, 6.07) is 6.13. The van der Waals surface area contributed by atoms with Gasteiger partial charge < -0.3 is 14.8 Å². The molecule has 0 radical (unpaired) electrons. The lowest BCUT2D eigenvalue weighted by molar-refractivity contribution is 0.0691. The number of H-pyrrole nitrogens is 1. The average Bonchev–Trinajstić information content (AvgIpc) is 3.29. The van der Waals surface area contributed by atoms with Gasteiger partial charge in [-0.2, -0.15) is 5.10 Å². The molecule has 3 aromatic rings. The Morgan fingerprint density at radius 1 is 1.27 bits per heavy atom. The quantitative estimate of drug-likeness (QED) is 0.305. The molecule has 1 saturated carbocycles. The van der Waals surface area contributed by atoms with Crippen molar-refractivity contribution in [1.29, 1.82) is 0 Å². The van der Waals surface area contributed by atoms with Crippen molar-refractivity contribution in [2.45, 2.75) is 51.2 Å². The van der Waals surface area contributed by atoms with E-state index in [4.69, 9.17) is 33.0 Å². The summed E-state index contributed by atoms with van der Waals surface area (Å²) in [6.07, 6.45) is 2.12. The third kappa shape index (κ3) is 4.44. The van der Waals surface area contributed by atoms with Crippen molar-refractivity contribution in [1.82, 2.24) is 14.8 Å². The largest absolute Gasteiger partial charge is 0.477 e. The highest BCUT2D eigenvalue weighted by atomic mass is 35.5. The van der Waals surface area contributed by atoms with Crippen molar-refractivity contribution in [3.8, 4) is 11.1 Å². The predicted octanol–water partition coefficient (Wildman–Crippen LogP) is 6.23. The molecule has 1 aromatic carbocycles. The van der Waals surface area contributed by atoms with E-state index in [-0.39, 0.29) is 12.4 Å². The summed E-state index contributed by atoms with van der Waals surface area (Å²) >= 11 is 12.4. The molecule has 9 heteroatoms. The Kier molecular flexibility index (Phi) is 5.74. The zero-order valence-electron chi connectivity index (χ0n) is 17.3. The number of aromatic carboxylic acids is 1. The van der Waals surface area contributed by atoms with Crippen LogP contribution in [0.2, 0.25) is 35.7 Å². The van der Waals surface area contributed by atoms with E-state index < -0.39 is 14.0 Å². The average molecular weight is 466 g/mol. The van der Waals surface area contributed by atoms with Crippen LogP contribution in [-0.4, -0.2) is 40.5 Å². The number of halogens is 2. The molecule has 0 atom stereocenters. The van der Waals surface area contributed by atoms with Gasteiger partial charge in [-0.05, 0) is 42.6 Å². The van der Waals surface area contributed by atoms with Crippen molar-refractivity contribution in [2.24, 2.45) is 0 Å². The van der Waals surface area contributed by atoms with Gasteiger partial charge in [-0.3, -0.25) is 0 Å². The summed E-state index contributed by atoms with van der Waals surface area (Å²) in [7, 11) is -1.21. The molecule has 0 spiro atoms. The van der Waals surface area contributed by atoms with Crippen molar-refractivity contribution in [2.75, 3.05) is 6.61 Å². The molecule has 0 bridgehead atoms. The number of fused-ring (bicyclic) bond motifs is 1. The van der Waals surface area contributed by atoms with E-state index in [1.807, 2.05) is 0 Å². The first-order valence-electron chi connectivity index (χ1n) is 10.0. The number of nitrogens with zero attached hydrogens (tertiary/aromatic N) is 2. The molecule has 1 fully saturated rings. The van der Waals surface area contributed by atoms with Gasteiger partial charge in [-0.15, -0.1) is 0 Å². The summed E-state index contributed by atoms with van der Waals surface area (Å²) in [5, 5.41) is 15.6. The van der Waals surface area contributed by atoms with Gasteiger partial charge in [-0.25, -0.2) is 9.48 Å². The van der Waals surface area contributed by atoms with Gasteiger partial charge in [0.05, 0.1) is 16.7 Å². The number of benzene rings is 1. The van der Waals surface area contributed by atoms with Gasteiger partial charge in [-0.1, -0.05) is 42.8 Å². The molecule has 0 unspecified atom stereocenters. The second-order valence-corrected chi connectivity index (χ2v) is 15.6. The van der Waals surface area contributed by atoms with E-state index in [0.29, 0.717) is 33.7 Å². The summed E-state index contributed by atoms with van der Waals surface area (Å²) in [4.78, 5) is 15.2. The SMILES string of the molecule is C[Si](C)(C)CCOCn1nc(C2CC2)c2[nH]c(C(=O)O)c(-c3cc(Cl)cc(Cl)c3)c21. The summed E-state index contributed by atoms with van der Waals surface area (Å²) in [6.45, 7) is 7.84. The smallest absolute Gasteiger partial charge is 0.353 e. The number of hydrogen-bond donors (Lipinski definition) is 2. The fraction of sp³-hybridized carbons (Fsp3) is 0.429. The van der Waals surface area contributed by atoms with Gasteiger partial charge in [0.1, 0.15) is 12.4 Å². The maximum atomic E-state index is 12.1. The highest BCUT2D eigenvalue weighted by Crippen LogP contribution is 2.45. The molecule has 2 heterocycles. The zero-order chi connectivity index (χ0) is 21.6. The summed E-state index contributed by atoms with van der Waals surface area (Å²) in [5.74, 6) is -0.683. The number of carboxylic acid groups (broad SMARTS) is 1. The molecule has 0 aliphatic heterocycles. The molecule has 160 valence electrons. The minimum atomic E-state index is -1.21. The first-order valence-corrected chi connectivity index (χ1v) is 14.5. The van der Waals surface area contributed by atoms with E-state index in [9.17, 15) is 9.90 Å². The molecule has 1 aliphatic rings. The Balaban J connectivity index is 1.82. The third-order valence-corrected chi connectivity index (χ3v) is 7.40. The molecule has 30 heavy (non-hydrogen) atoms. The van der Waals surface area contributed by atoms with Gasteiger partial charge >= 0.3 is 5.97 Å². The monoisotopic (exact) mass is 465 g/mol. The first kappa shape index (κ1) is 21.4. The van der Waals surface area contributed by atoms with Crippen LogP contribution in [0.3, 0.4) is 0 Å². The topological polar surface area (TPSA) is 80.1 Å². The number of ether oxygens (including phenoxy) is 1. The number of aromatic nitrogens is 3. The Labute approximate surface area is 186 Å². The lowest BCUT2D eigenvalue weighted by atomic mass is 10.0. The first-order chi connectivity index (χ1) is 14.1. The second kappa shape index (κ2) is 8.03. The van der Waals surface area contributed by atoms with Crippen LogP contribution in [-0.2, 0) is 11.5 Å². The molecule has 4 rings (SSSR count). The molecule has 1 aliphatic carbocycles. The minimum absolute atomic E-state index is 0.110. The normalized spacial score (nSPS) is 14.6. The molecule has 6 nitrogen and oxygen atoms in total. The molecular weight excluding hydrogens is 441 g/mol. The van der Waals surface area contributed by atoms with E-state index in [1.54, 1.807) is 22.9 Å². The van der Waals surface area contributed by atoms with Crippen LogP contribution in [0.15, 0.2) is 18.2 Å². The maximum Gasteiger partial charge on any atom is 0.353 e. The lowest BCUT2D eigenvalue weighted by Crippen LogP contribution is -2.22. The number of rotatable bonds is 8. The molecular formula is C21H25Cl2N3O3Si. The predicted molar refractivity (Wildman–Crippen MR) is 123 cm³/mol. The van der Waals surface area contributed by atoms with Crippen LogP contribution in [0.5, 0.6) is 0 Å². The van der Waals surface area contributed by atoms with Gasteiger partial charge in [0.2, 0.25) is 0 Å². The fourth-order valence-electron chi connectivity index (χ4n) is 3.57. The van der Waals surface area contributed by atoms with Crippen molar-refractivity contribution >= 4 is 48.3 Å². The van der Waals surface area contributed by atoms with Crippen LogP contribution < -0.4 is 0 Å². The highest BCUT2D eigenvalue weighted by molar-refractivity contribution is 6.76. The molecule has 0 amide bonds. The van der Waals surface area contributed by atoms with Crippen LogP contribution in [0.25, 0.3) is 22.2 Å². The lowest BCUT2D eigenvalue weighted by Gasteiger charge is -2.15. The van der Waals surface area contributed by atoms with E-state index in [0.717, 1.165) is 35.6 Å².